The molecule has 0 amide bonds. The first kappa shape index (κ1) is 13.8. The molecule has 1 atom stereocenters. The molecule has 0 saturated heterocycles. The van der Waals surface area contributed by atoms with Gasteiger partial charge in [0.05, 0.1) is 5.22 Å². The van der Waals surface area contributed by atoms with Crippen molar-refractivity contribution < 1.29 is 4.92 Å². The van der Waals surface area contributed by atoms with E-state index in [1.165, 1.54) is 0 Å². The molecule has 0 aliphatic carbocycles. The van der Waals surface area contributed by atoms with Gasteiger partial charge >= 0.3 is 5.96 Å². The summed E-state index contributed by atoms with van der Waals surface area (Å²) in [5.74, 6) is -0.345. The minimum Gasteiger partial charge on any atom is -0.354 e. The second-order valence-corrected chi connectivity index (χ2v) is 5.53. The lowest BCUT2D eigenvalue weighted by molar-refractivity contribution is -0.360. The van der Waals surface area contributed by atoms with Crippen LogP contribution in [0.1, 0.15) is 0 Å². The van der Waals surface area contributed by atoms with Gasteiger partial charge < -0.3 is 10.1 Å². The molecule has 0 N–H and O–H groups in total. The van der Waals surface area contributed by atoms with Gasteiger partial charge in [0.1, 0.15) is 5.22 Å². The summed E-state index contributed by atoms with van der Waals surface area (Å²) >= 11 is 2.17. The van der Waals surface area contributed by atoms with Crippen molar-refractivity contribution in [1.82, 2.24) is 4.59 Å². The van der Waals surface area contributed by atoms with Crippen molar-refractivity contribution >= 4 is 39.9 Å². The molecule has 2 aromatic rings. The highest BCUT2D eigenvalue weighted by atomic mass is 127. The summed E-state index contributed by atoms with van der Waals surface area (Å²) in [5.41, 5.74) is 1.22. The van der Waals surface area contributed by atoms with Crippen LogP contribution >= 0.6 is 22.6 Å². The summed E-state index contributed by atoms with van der Waals surface area (Å²) < 4.78 is 0.559. The van der Waals surface area contributed by atoms with Gasteiger partial charge in [-0.15, -0.1) is 0 Å². The highest BCUT2D eigenvalue weighted by Crippen LogP contribution is 2.39. The van der Waals surface area contributed by atoms with Crippen LogP contribution in [0.3, 0.4) is 0 Å². The number of benzene rings is 2. The van der Waals surface area contributed by atoms with Gasteiger partial charge in [0.25, 0.3) is 0 Å². The topological polar surface area (TPSA) is 80.2 Å². The Labute approximate surface area is 133 Å². The number of halogens is 1. The largest absolute Gasteiger partial charge is 0.603 e. The van der Waals surface area contributed by atoms with Gasteiger partial charge in [-0.25, -0.2) is 0 Å². The lowest BCUT2D eigenvalue weighted by Crippen LogP contribution is -2.46. The van der Waals surface area contributed by atoms with Crippen molar-refractivity contribution in [3.63, 3.8) is 0 Å². The molecule has 0 bridgehead atoms. The zero-order valence-electron chi connectivity index (χ0n) is 10.6. The predicted octanol–water partition coefficient (Wildman–Crippen LogP) is 3.86. The highest BCUT2D eigenvalue weighted by Gasteiger charge is 2.55. The van der Waals surface area contributed by atoms with Crippen LogP contribution in [0.4, 0.5) is 11.4 Å². The molecule has 104 valence electrons. The van der Waals surface area contributed by atoms with Crippen LogP contribution in [0.5, 0.6) is 0 Å². The first-order valence-electron chi connectivity index (χ1n) is 6.00. The van der Waals surface area contributed by atoms with E-state index in [9.17, 15) is 10.1 Å². The third-order valence-corrected chi connectivity index (χ3v) is 3.81. The summed E-state index contributed by atoms with van der Waals surface area (Å²) in [6, 6.07) is 16.3. The maximum atomic E-state index is 11.4. The molecule has 1 aliphatic rings. The van der Waals surface area contributed by atoms with Crippen molar-refractivity contribution in [2.45, 2.75) is 0 Å². The zero-order chi connectivity index (χ0) is 14.9. The van der Waals surface area contributed by atoms with Crippen molar-refractivity contribution in [3.8, 4) is 0 Å². The van der Waals surface area contributed by atoms with Crippen LogP contribution in [0, 0.1) is 13.7 Å². The minimum absolute atomic E-state index is 0.345. The molecule has 0 fully saturated rings. The summed E-state index contributed by atoms with van der Waals surface area (Å²) in [5, 5.41) is 22.6. The molecule has 1 aliphatic heterocycles. The molecule has 1 unspecified atom stereocenters. The third-order valence-electron chi connectivity index (χ3n) is 3.09. The maximum Gasteiger partial charge on any atom is 0.603 e. The number of hydrogen-bond acceptors (Lipinski definition) is 5. The lowest BCUT2D eigenvalue weighted by Gasteiger charge is -2.20. The molecule has 1 heterocycles. The normalized spacial score (nSPS) is 20.3. The molecule has 3 rings (SSSR count). The standard InChI is InChI=1S/C13H9IN5O2/c14-10-6-8-12(9-7-10)19(11-4-2-1-3-5-11)13(18(20)21)15-16-17-19/h1-9H/q+1. The van der Waals surface area contributed by atoms with Gasteiger partial charge in [-0.05, 0) is 34.7 Å². The Hall–Kier alpha value is -2.20. The van der Waals surface area contributed by atoms with E-state index in [0.29, 0.717) is 11.4 Å². The molecule has 7 nitrogen and oxygen atoms in total. The van der Waals surface area contributed by atoms with Crippen LogP contribution in [-0.2, 0) is 0 Å². The van der Waals surface area contributed by atoms with E-state index in [1.807, 2.05) is 18.2 Å². The lowest BCUT2D eigenvalue weighted by atomic mass is 10.2. The number of nitro groups is 1. The molecule has 21 heavy (non-hydrogen) atoms. The van der Waals surface area contributed by atoms with E-state index < -0.39 is 9.52 Å². The van der Waals surface area contributed by atoms with Crippen LogP contribution in [0.2, 0.25) is 0 Å². The van der Waals surface area contributed by atoms with E-state index in [1.54, 1.807) is 36.4 Å². The number of quaternary nitrogens is 1. The molecule has 0 aromatic heterocycles. The Morgan fingerprint density at radius 1 is 1.00 bits per heavy atom. The number of hydrogen-bond donors (Lipinski definition) is 0. The molecule has 0 saturated carbocycles. The fourth-order valence-electron chi connectivity index (χ4n) is 2.16. The average Bonchev–Trinajstić information content (AvgIpc) is 2.95. The van der Waals surface area contributed by atoms with E-state index in [-0.39, 0.29) is 5.96 Å². The average molecular weight is 394 g/mol. The third kappa shape index (κ3) is 2.21. The fourth-order valence-corrected chi connectivity index (χ4v) is 2.52. The fraction of sp³-hybridized carbons (Fsp3) is 0. The molecule has 8 heteroatoms. The second-order valence-electron chi connectivity index (χ2n) is 4.28. The van der Waals surface area contributed by atoms with E-state index in [2.05, 4.69) is 38.1 Å². The summed E-state index contributed by atoms with van der Waals surface area (Å²) in [6.07, 6.45) is 0. The quantitative estimate of drug-likeness (QED) is 0.336. The smallest absolute Gasteiger partial charge is 0.354 e. The van der Waals surface area contributed by atoms with Gasteiger partial charge in [0, 0.05) is 37.4 Å². The Morgan fingerprint density at radius 2 is 1.62 bits per heavy atom. The monoisotopic (exact) mass is 394 g/mol. The number of nitrogens with zero attached hydrogens (tertiary/aromatic N) is 5. The molecule has 0 spiro atoms. The molecular weight excluding hydrogens is 385 g/mol. The first-order chi connectivity index (χ1) is 10.1. The second kappa shape index (κ2) is 5.30. The summed E-state index contributed by atoms with van der Waals surface area (Å²) in [7, 11) is 0. The summed E-state index contributed by atoms with van der Waals surface area (Å²) in [4.78, 5) is 10.8. The van der Waals surface area contributed by atoms with Crippen LogP contribution in [-0.4, -0.2) is 10.9 Å². The Balaban J connectivity index is 2.26. The van der Waals surface area contributed by atoms with E-state index in [0.717, 1.165) is 3.57 Å². The molecule has 2 aromatic carbocycles. The highest BCUT2D eigenvalue weighted by molar-refractivity contribution is 14.1. The van der Waals surface area contributed by atoms with Crippen molar-refractivity contribution in [2.75, 3.05) is 0 Å². The van der Waals surface area contributed by atoms with Crippen molar-refractivity contribution in [3.05, 3.63) is 68.3 Å². The minimum atomic E-state index is -0.551. The van der Waals surface area contributed by atoms with Gasteiger partial charge in [0.15, 0.2) is 16.5 Å². The Bertz CT molecular complexity index is 745. The number of para-hydroxylation sites is 1. The van der Waals surface area contributed by atoms with Gasteiger partial charge in [-0.3, -0.25) is 0 Å². The molecular formula is C13H9IN5O2+. The predicted molar refractivity (Wildman–Crippen MR) is 86.3 cm³/mol. The number of guanidine groups is 1. The van der Waals surface area contributed by atoms with Crippen LogP contribution in [0.25, 0.3) is 0 Å². The van der Waals surface area contributed by atoms with Crippen molar-refractivity contribution in [2.24, 2.45) is 15.5 Å². The van der Waals surface area contributed by atoms with E-state index in [4.69, 9.17) is 0 Å². The number of rotatable bonds is 2. The summed E-state index contributed by atoms with van der Waals surface area (Å²) in [6.45, 7) is 0. The van der Waals surface area contributed by atoms with Crippen molar-refractivity contribution in [1.29, 1.82) is 0 Å². The first-order valence-corrected chi connectivity index (χ1v) is 7.08. The van der Waals surface area contributed by atoms with Gasteiger partial charge in [0.2, 0.25) is 0 Å². The molecule has 0 radical (unpaired) electrons. The van der Waals surface area contributed by atoms with Crippen LogP contribution in [0.15, 0.2) is 70.1 Å². The van der Waals surface area contributed by atoms with Crippen LogP contribution < -0.4 is 4.59 Å². The zero-order valence-corrected chi connectivity index (χ0v) is 12.8. The van der Waals surface area contributed by atoms with E-state index >= 15 is 0 Å². The van der Waals surface area contributed by atoms with Gasteiger partial charge in [-0.1, -0.05) is 18.2 Å². The Kier molecular flexibility index (Phi) is 3.47. The maximum absolute atomic E-state index is 11.4. The van der Waals surface area contributed by atoms with Gasteiger partial charge in [-0.2, -0.15) is 0 Å². The Morgan fingerprint density at radius 3 is 2.24 bits per heavy atom. The SMILES string of the molecule is O=[N+]([O-])C1=NN=N[N+]1(c1ccccc1)c1ccc(I)cc1.